The van der Waals surface area contributed by atoms with Crippen molar-refractivity contribution in [1.29, 1.82) is 0 Å². The first-order chi connectivity index (χ1) is 14.5. The van der Waals surface area contributed by atoms with Crippen molar-refractivity contribution in [3.8, 4) is 0 Å². The van der Waals surface area contributed by atoms with Crippen LogP contribution in [0.25, 0.3) is 6.08 Å². The second kappa shape index (κ2) is 9.84. The van der Waals surface area contributed by atoms with E-state index in [1.165, 1.54) is 6.08 Å². The van der Waals surface area contributed by atoms with Gasteiger partial charge in [0.15, 0.2) is 0 Å². The molecule has 0 saturated carbocycles. The average molecular weight is 399 g/mol. The SMILES string of the molecule is Cc1cccc(C(=O)Nc2ccc(C(=O)NNC(=O)/C=C/c3ccccc3)cc2)c1. The van der Waals surface area contributed by atoms with E-state index in [0.717, 1.165) is 11.1 Å². The first-order valence-corrected chi connectivity index (χ1v) is 9.33. The summed E-state index contributed by atoms with van der Waals surface area (Å²) in [6.45, 7) is 1.92. The number of nitrogens with one attached hydrogen (secondary N) is 3. The van der Waals surface area contributed by atoms with Crippen LogP contribution in [0, 0.1) is 6.92 Å². The maximum atomic E-state index is 12.3. The van der Waals surface area contributed by atoms with E-state index in [2.05, 4.69) is 16.2 Å². The quantitative estimate of drug-likeness (QED) is 0.451. The summed E-state index contributed by atoms with van der Waals surface area (Å²) in [4.78, 5) is 36.3. The topological polar surface area (TPSA) is 87.3 Å². The van der Waals surface area contributed by atoms with Crippen molar-refractivity contribution < 1.29 is 14.4 Å². The lowest BCUT2D eigenvalue weighted by molar-refractivity contribution is -0.117. The fourth-order valence-corrected chi connectivity index (χ4v) is 2.66. The molecule has 0 unspecified atom stereocenters. The monoisotopic (exact) mass is 399 g/mol. The molecule has 0 saturated heterocycles. The van der Waals surface area contributed by atoms with Gasteiger partial charge in [-0.1, -0.05) is 48.0 Å². The number of anilines is 1. The zero-order valence-electron chi connectivity index (χ0n) is 16.4. The van der Waals surface area contributed by atoms with Crippen LogP contribution in [0.1, 0.15) is 31.8 Å². The van der Waals surface area contributed by atoms with E-state index in [9.17, 15) is 14.4 Å². The molecule has 6 nitrogen and oxygen atoms in total. The zero-order chi connectivity index (χ0) is 21.3. The molecule has 3 aromatic carbocycles. The Morgan fingerprint density at radius 3 is 2.17 bits per heavy atom. The van der Waals surface area contributed by atoms with Gasteiger partial charge in [0.25, 0.3) is 17.7 Å². The maximum Gasteiger partial charge on any atom is 0.269 e. The molecule has 0 atom stereocenters. The molecule has 0 radical (unpaired) electrons. The third kappa shape index (κ3) is 5.90. The fourth-order valence-electron chi connectivity index (χ4n) is 2.66. The standard InChI is InChI=1S/C24H21N3O3/c1-17-6-5-9-20(16-17)23(29)25-21-13-11-19(12-14-21)24(30)27-26-22(28)15-10-18-7-3-2-4-8-18/h2-16H,1H3,(H,25,29)(H,26,28)(H,27,30)/b15-10+. The van der Waals surface area contributed by atoms with Crippen LogP contribution in [-0.2, 0) is 4.79 Å². The highest BCUT2D eigenvalue weighted by Gasteiger charge is 2.09. The Balaban J connectivity index is 1.51. The number of carbonyl (C=O) groups excluding carboxylic acids is 3. The van der Waals surface area contributed by atoms with Gasteiger partial charge in [-0.25, -0.2) is 0 Å². The number of carbonyl (C=O) groups is 3. The summed E-state index contributed by atoms with van der Waals surface area (Å²) in [6, 6.07) is 23.0. The average Bonchev–Trinajstić information content (AvgIpc) is 2.77. The van der Waals surface area contributed by atoms with E-state index in [4.69, 9.17) is 0 Å². The number of rotatable bonds is 5. The van der Waals surface area contributed by atoms with Gasteiger partial charge in [-0.15, -0.1) is 0 Å². The molecule has 150 valence electrons. The van der Waals surface area contributed by atoms with Crippen LogP contribution in [0.4, 0.5) is 5.69 Å². The normalized spacial score (nSPS) is 10.4. The van der Waals surface area contributed by atoms with Crippen molar-refractivity contribution in [3.63, 3.8) is 0 Å². The highest BCUT2D eigenvalue weighted by molar-refractivity contribution is 6.04. The van der Waals surface area contributed by atoms with Crippen molar-refractivity contribution in [2.24, 2.45) is 0 Å². The van der Waals surface area contributed by atoms with Gasteiger partial charge in [0, 0.05) is 22.9 Å². The highest BCUT2D eigenvalue weighted by atomic mass is 16.2. The van der Waals surface area contributed by atoms with Crippen molar-refractivity contribution in [3.05, 3.63) is 107 Å². The highest BCUT2D eigenvalue weighted by Crippen LogP contribution is 2.12. The van der Waals surface area contributed by atoms with Crippen LogP contribution in [0.5, 0.6) is 0 Å². The van der Waals surface area contributed by atoms with E-state index in [1.807, 2.05) is 49.4 Å². The predicted octanol–water partition coefficient (Wildman–Crippen LogP) is 3.72. The van der Waals surface area contributed by atoms with Crippen LogP contribution < -0.4 is 16.2 Å². The summed E-state index contributed by atoms with van der Waals surface area (Å²) < 4.78 is 0. The molecule has 30 heavy (non-hydrogen) atoms. The summed E-state index contributed by atoms with van der Waals surface area (Å²) in [5, 5.41) is 2.78. The molecule has 3 amide bonds. The lowest BCUT2D eigenvalue weighted by Gasteiger charge is -2.08. The number of hydrogen-bond acceptors (Lipinski definition) is 3. The van der Waals surface area contributed by atoms with Gasteiger partial charge in [0.1, 0.15) is 0 Å². The predicted molar refractivity (Wildman–Crippen MR) is 117 cm³/mol. The Morgan fingerprint density at radius 1 is 0.733 bits per heavy atom. The molecule has 0 heterocycles. The van der Waals surface area contributed by atoms with Gasteiger partial charge in [0.05, 0.1) is 0 Å². The van der Waals surface area contributed by atoms with E-state index >= 15 is 0 Å². The summed E-state index contributed by atoms with van der Waals surface area (Å²) >= 11 is 0. The number of benzene rings is 3. The lowest BCUT2D eigenvalue weighted by Crippen LogP contribution is -2.40. The molecule has 0 spiro atoms. The molecule has 0 aliphatic heterocycles. The molecule has 0 bridgehead atoms. The molecular weight excluding hydrogens is 378 g/mol. The van der Waals surface area contributed by atoms with Crippen LogP contribution in [-0.4, -0.2) is 17.7 Å². The van der Waals surface area contributed by atoms with Gasteiger partial charge >= 0.3 is 0 Å². The summed E-state index contributed by atoms with van der Waals surface area (Å²) in [7, 11) is 0. The van der Waals surface area contributed by atoms with Crippen LogP contribution in [0.3, 0.4) is 0 Å². The molecule has 0 aromatic heterocycles. The molecule has 0 aliphatic rings. The van der Waals surface area contributed by atoms with Crippen LogP contribution in [0.15, 0.2) is 84.9 Å². The van der Waals surface area contributed by atoms with Crippen molar-refractivity contribution >= 4 is 29.5 Å². The Labute approximate surface area is 174 Å². The number of aryl methyl sites for hydroxylation is 1. The second-order valence-corrected chi connectivity index (χ2v) is 6.59. The minimum absolute atomic E-state index is 0.228. The Hall–Kier alpha value is -4.19. The molecule has 3 rings (SSSR count). The third-order valence-corrected chi connectivity index (χ3v) is 4.21. The Kier molecular flexibility index (Phi) is 6.74. The maximum absolute atomic E-state index is 12.3. The van der Waals surface area contributed by atoms with E-state index in [-0.39, 0.29) is 5.91 Å². The zero-order valence-corrected chi connectivity index (χ0v) is 16.4. The molecular formula is C24H21N3O3. The van der Waals surface area contributed by atoms with Gasteiger partial charge in [-0.05, 0) is 55.0 Å². The van der Waals surface area contributed by atoms with E-state index in [1.54, 1.807) is 42.5 Å². The van der Waals surface area contributed by atoms with Crippen LogP contribution >= 0.6 is 0 Å². The number of hydrogen-bond donors (Lipinski definition) is 3. The second-order valence-electron chi connectivity index (χ2n) is 6.59. The van der Waals surface area contributed by atoms with Crippen molar-refractivity contribution in [1.82, 2.24) is 10.9 Å². The lowest BCUT2D eigenvalue weighted by atomic mass is 10.1. The van der Waals surface area contributed by atoms with Crippen LogP contribution in [0.2, 0.25) is 0 Å². The molecule has 0 fully saturated rings. The van der Waals surface area contributed by atoms with E-state index in [0.29, 0.717) is 16.8 Å². The molecule has 0 aliphatic carbocycles. The first-order valence-electron chi connectivity index (χ1n) is 9.33. The molecule has 3 N–H and O–H groups in total. The third-order valence-electron chi connectivity index (χ3n) is 4.21. The van der Waals surface area contributed by atoms with E-state index < -0.39 is 11.8 Å². The van der Waals surface area contributed by atoms with Gasteiger partial charge in [-0.3, -0.25) is 25.2 Å². The van der Waals surface area contributed by atoms with Gasteiger partial charge < -0.3 is 5.32 Å². The van der Waals surface area contributed by atoms with Gasteiger partial charge in [-0.2, -0.15) is 0 Å². The molecule has 6 heteroatoms. The summed E-state index contributed by atoms with van der Waals surface area (Å²) in [6.07, 6.45) is 2.98. The first kappa shape index (κ1) is 20.5. The fraction of sp³-hybridized carbons (Fsp3) is 0.0417. The Morgan fingerprint density at radius 2 is 1.47 bits per heavy atom. The largest absolute Gasteiger partial charge is 0.322 e. The molecule has 3 aromatic rings. The minimum Gasteiger partial charge on any atom is -0.322 e. The smallest absolute Gasteiger partial charge is 0.269 e. The summed E-state index contributed by atoms with van der Waals surface area (Å²) in [5.74, 6) is -1.14. The summed E-state index contributed by atoms with van der Waals surface area (Å²) in [5.41, 5.74) is 8.02. The Bertz CT molecular complexity index is 1070. The van der Waals surface area contributed by atoms with Crippen molar-refractivity contribution in [2.45, 2.75) is 6.92 Å². The minimum atomic E-state index is -0.465. The number of amides is 3. The number of hydrazine groups is 1. The van der Waals surface area contributed by atoms with Crippen molar-refractivity contribution in [2.75, 3.05) is 5.32 Å². The van der Waals surface area contributed by atoms with Gasteiger partial charge in [0.2, 0.25) is 0 Å².